The van der Waals surface area contributed by atoms with Gasteiger partial charge in [-0.3, -0.25) is 9.97 Å². The summed E-state index contributed by atoms with van der Waals surface area (Å²) in [5.41, 5.74) is 1.02. The third-order valence-electron chi connectivity index (χ3n) is 3.49. The SMILES string of the molecule is C[C@@H](OC(=O)c1ccc(Cl)cc1Sc1ccc(Cl)cc1)c1cnccn1. The third-order valence-corrected chi connectivity index (χ3v) is 5.04. The zero-order chi connectivity index (χ0) is 18.5. The van der Waals surface area contributed by atoms with Crippen molar-refractivity contribution in [3.8, 4) is 0 Å². The molecule has 0 saturated carbocycles. The number of nitrogens with zero attached hydrogens (tertiary/aromatic N) is 2. The molecule has 132 valence electrons. The molecule has 0 radical (unpaired) electrons. The highest BCUT2D eigenvalue weighted by Gasteiger charge is 2.19. The maximum Gasteiger partial charge on any atom is 0.339 e. The van der Waals surface area contributed by atoms with E-state index in [1.54, 1.807) is 55.8 Å². The van der Waals surface area contributed by atoms with E-state index in [-0.39, 0.29) is 0 Å². The fourth-order valence-corrected chi connectivity index (χ4v) is 3.52. The summed E-state index contributed by atoms with van der Waals surface area (Å²) in [6.07, 6.45) is 4.19. The highest BCUT2D eigenvalue weighted by Crippen LogP contribution is 2.34. The number of ether oxygens (including phenoxy) is 1. The molecule has 0 aliphatic carbocycles. The molecule has 4 nitrogen and oxygen atoms in total. The average molecular weight is 405 g/mol. The van der Waals surface area contributed by atoms with Crippen molar-refractivity contribution in [2.24, 2.45) is 0 Å². The van der Waals surface area contributed by atoms with E-state index in [2.05, 4.69) is 9.97 Å². The van der Waals surface area contributed by atoms with Crippen molar-refractivity contribution in [3.05, 3.63) is 82.4 Å². The zero-order valence-corrected chi connectivity index (χ0v) is 16.1. The Labute approximate surface area is 165 Å². The first-order valence-corrected chi connectivity index (χ1v) is 9.30. The number of hydrogen-bond acceptors (Lipinski definition) is 5. The monoisotopic (exact) mass is 404 g/mol. The summed E-state index contributed by atoms with van der Waals surface area (Å²) >= 11 is 13.4. The van der Waals surface area contributed by atoms with Crippen LogP contribution in [0, 0.1) is 0 Å². The Bertz CT molecular complexity index is 905. The maximum absolute atomic E-state index is 12.7. The van der Waals surface area contributed by atoms with Gasteiger partial charge in [-0.05, 0) is 49.4 Å². The normalized spacial score (nSPS) is 11.8. The lowest BCUT2D eigenvalue weighted by atomic mass is 10.2. The molecule has 1 aromatic heterocycles. The molecule has 0 N–H and O–H groups in total. The molecule has 0 amide bonds. The minimum atomic E-state index is -0.514. The Morgan fingerprint density at radius 3 is 2.50 bits per heavy atom. The van der Waals surface area contributed by atoms with E-state index in [4.69, 9.17) is 27.9 Å². The second-order valence-electron chi connectivity index (χ2n) is 5.37. The van der Waals surface area contributed by atoms with Crippen LogP contribution in [0.1, 0.15) is 29.1 Å². The largest absolute Gasteiger partial charge is 0.452 e. The van der Waals surface area contributed by atoms with E-state index in [0.717, 1.165) is 4.90 Å². The molecule has 0 spiro atoms. The minimum Gasteiger partial charge on any atom is -0.452 e. The molecule has 0 aliphatic heterocycles. The number of carbonyl (C=O) groups is 1. The fourth-order valence-electron chi connectivity index (χ4n) is 2.18. The van der Waals surface area contributed by atoms with Crippen molar-refractivity contribution in [3.63, 3.8) is 0 Å². The van der Waals surface area contributed by atoms with Crippen LogP contribution < -0.4 is 0 Å². The molecule has 1 atom stereocenters. The summed E-state index contributed by atoms with van der Waals surface area (Å²) in [5, 5.41) is 1.19. The van der Waals surface area contributed by atoms with Crippen LogP contribution in [0.5, 0.6) is 0 Å². The second-order valence-corrected chi connectivity index (χ2v) is 7.36. The summed E-state index contributed by atoms with van der Waals surface area (Å²) in [7, 11) is 0. The Morgan fingerprint density at radius 2 is 1.81 bits per heavy atom. The number of carbonyl (C=O) groups excluding carboxylic acids is 1. The van der Waals surface area contributed by atoms with Crippen LogP contribution in [0.4, 0.5) is 0 Å². The van der Waals surface area contributed by atoms with Crippen molar-refractivity contribution in [1.82, 2.24) is 9.97 Å². The predicted molar refractivity (Wildman–Crippen MR) is 103 cm³/mol. The van der Waals surface area contributed by atoms with E-state index >= 15 is 0 Å². The number of rotatable bonds is 5. The summed E-state index contributed by atoms with van der Waals surface area (Å²) in [6.45, 7) is 1.75. The molecule has 1 heterocycles. The standard InChI is InChI=1S/C19H14Cl2N2O2S/c1-12(17-11-22-8-9-23-17)25-19(24)16-7-4-14(21)10-18(16)26-15-5-2-13(20)3-6-15/h2-12H,1H3/t12-/m1/s1. The summed E-state index contributed by atoms with van der Waals surface area (Å²) in [6, 6.07) is 12.4. The second kappa shape index (κ2) is 8.54. The number of hydrogen-bond donors (Lipinski definition) is 0. The molecular formula is C19H14Cl2N2O2S. The van der Waals surface area contributed by atoms with Crippen LogP contribution in [0.2, 0.25) is 10.0 Å². The van der Waals surface area contributed by atoms with Gasteiger partial charge in [0, 0.05) is 32.2 Å². The van der Waals surface area contributed by atoms with Crippen molar-refractivity contribution in [1.29, 1.82) is 0 Å². The molecule has 0 saturated heterocycles. The maximum atomic E-state index is 12.7. The molecule has 0 aliphatic rings. The van der Waals surface area contributed by atoms with Crippen molar-refractivity contribution >= 4 is 40.9 Å². The average Bonchev–Trinajstić information content (AvgIpc) is 2.64. The van der Waals surface area contributed by atoms with Gasteiger partial charge in [0.25, 0.3) is 0 Å². The summed E-state index contributed by atoms with van der Waals surface area (Å²) in [5.74, 6) is -0.448. The van der Waals surface area contributed by atoms with E-state index < -0.39 is 12.1 Å². The lowest BCUT2D eigenvalue weighted by Gasteiger charge is -2.14. The molecule has 3 rings (SSSR count). The minimum absolute atomic E-state index is 0.435. The van der Waals surface area contributed by atoms with Gasteiger partial charge in [0.05, 0.1) is 17.5 Å². The quantitative estimate of drug-likeness (QED) is 0.498. The van der Waals surface area contributed by atoms with E-state index in [1.807, 2.05) is 12.1 Å². The van der Waals surface area contributed by atoms with Gasteiger partial charge in [0.2, 0.25) is 0 Å². The van der Waals surface area contributed by atoms with Gasteiger partial charge in [-0.25, -0.2) is 4.79 Å². The Morgan fingerprint density at radius 1 is 1.08 bits per heavy atom. The highest BCUT2D eigenvalue weighted by molar-refractivity contribution is 7.99. The predicted octanol–water partition coefficient (Wildman–Crippen LogP) is 5.85. The lowest BCUT2D eigenvalue weighted by molar-refractivity contribution is 0.0324. The molecule has 26 heavy (non-hydrogen) atoms. The fraction of sp³-hybridized carbons (Fsp3) is 0.105. The van der Waals surface area contributed by atoms with E-state index in [1.165, 1.54) is 11.8 Å². The first-order chi connectivity index (χ1) is 12.5. The molecule has 0 unspecified atom stereocenters. The van der Waals surface area contributed by atoms with Gasteiger partial charge in [0.15, 0.2) is 0 Å². The molecule has 0 bridgehead atoms. The Kier molecular flexibility index (Phi) is 6.14. The van der Waals surface area contributed by atoms with Gasteiger partial charge >= 0.3 is 5.97 Å². The Hall–Kier alpha value is -2.08. The van der Waals surface area contributed by atoms with Crippen LogP contribution in [0.15, 0.2) is 70.8 Å². The van der Waals surface area contributed by atoms with Gasteiger partial charge in [0.1, 0.15) is 6.10 Å². The van der Waals surface area contributed by atoms with Crippen LogP contribution in [0.25, 0.3) is 0 Å². The molecule has 3 aromatic rings. The Balaban J connectivity index is 1.82. The van der Waals surface area contributed by atoms with Crippen LogP contribution in [-0.4, -0.2) is 15.9 Å². The van der Waals surface area contributed by atoms with Crippen molar-refractivity contribution < 1.29 is 9.53 Å². The van der Waals surface area contributed by atoms with Gasteiger partial charge in [-0.2, -0.15) is 0 Å². The van der Waals surface area contributed by atoms with Crippen LogP contribution >= 0.6 is 35.0 Å². The molecular weight excluding hydrogens is 391 g/mol. The van der Waals surface area contributed by atoms with E-state index in [9.17, 15) is 4.79 Å². The zero-order valence-electron chi connectivity index (χ0n) is 13.7. The number of benzene rings is 2. The number of esters is 1. The van der Waals surface area contributed by atoms with Gasteiger partial charge < -0.3 is 4.74 Å². The third kappa shape index (κ3) is 4.75. The summed E-state index contributed by atoms with van der Waals surface area (Å²) < 4.78 is 5.54. The van der Waals surface area contributed by atoms with Crippen LogP contribution in [-0.2, 0) is 4.74 Å². The summed E-state index contributed by atoms with van der Waals surface area (Å²) in [4.78, 5) is 22.5. The van der Waals surface area contributed by atoms with Crippen molar-refractivity contribution in [2.45, 2.75) is 22.8 Å². The first-order valence-electron chi connectivity index (χ1n) is 7.73. The molecule has 0 fully saturated rings. The van der Waals surface area contributed by atoms with Gasteiger partial charge in [-0.15, -0.1) is 0 Å². The smallest absolute Gasteiger partial charge is 0.339 e. The topological polar surface area (TPSA) is 52.1 Å². The lowest BCUT2D eigenvalue weighted by Crippen LogP contribution is -2.11. The number of halogens is 2. The van der Waals surface area contributed by atoms with E-state index in [0.29, 0.717) is 26.2 Å². The number of aromatic nitrogens is 2. The molecule has 2 aromatic carbocycles. The molecule has 7 heteroatoms. The first kappa shape index (κ1) is 18.7. The highest BCUT2D eigenvalue weighted by atomic mass is 35.5. The van der Waals surface area contributed by atoms with Crippen molar-refractivity contribution in [2.75, 3.05) is 0 Å². The van der Waals surface area contributed by atoms with Gasteiger partial charge in [-0.1, -0.05) is 35.0 Å². The van der Waals surface area contributed by atoms with Crippen LogP contribution in [0.3, 0.4) is 0 Å².